The predicted molar refractivity (Wildman–Crippen MR) is 151 cm³/mol. The van der Waals surface area contributed by atoms with Gasteiger partial charge in [0.25, 0.3) is 5.56 Å². The molecule has 1 aromatic heterocycles. The van der Waals surface area contributed by atoms with Crippen molar-refractivity contribution >= 4 is 52.7 Å². The third-order valence-corrected chi connectivity index (χ3v) is 7.46. The second-order valence-electron chi connectivity index (χ2n) is 9.00. The Bertz CT molecular complexity index is 1540. The fourth-order valence-electron chi connectivity index (χ4n) is 4.98. The van der Waals surface area contributed by atoms with Crippen molar-refractivity contribution in [3.63, 3.8) is 0 Å². The van der Waals surface area contributed by atoms with Gasteiger partial charge in [0.15, 0.2) is 0 Å². The van der Waals surface area contributed by atoms with E-state index in [1.165, 1.54) is 5.57 Å². The molecule has 4 aromatic rings. The number of nitrogens with zero attached hydrogens (tertiary/aromatic N) is 2. The SMILES string of the molecule is CC1C=NC=C1C(C)(c1ccc(Cl)cc1)c1ccc2c(c1)c(-c1cccc(Cl)c1)cc(=O)n2C.Cl. The lowest BCUT2D eigenvalue weighted by atomic mass is 9.67. The van der Waals surface area contributed by atoms with E-state index in [1.54, 1.807) is 17.7 Å². The molecule has 0 aliphatic carbocycles. The maximum absolute atomic E-state index is 12.8. The molecule has 0 radical (unpaired) electrons. The molecule has 2 atom stereocenters. The molecule has 3 aromatic carbocycles. The summed E-state index contributed by atoms with van der Waals surface area (Å²) in [6, 6.07) is 23.7. The van der Waals surface area contributed by atoms with E-state index in [9.17, 15) is 4.79 Å². The summed E-state index contributed by atoms with van der Waals surface area (Å²) in [5.41, 5.74) is 5.62. The van der Waals surface area contributed by atoms with Crippen LogP contribution >= 0.6 is 35.6 Å². The summed E-state index contributed by atoms with van der Waals surface area (Å²) in [4.78, 5) is 17.3. The average molecular weight is 524 g/mol. The first-order valence-corrected chi connectivity index (χ1v) is 11.9. The van der Waals surface area contributed by atoms with Crippen LogP contribution in [0.5, 0.6) is 0 Å². The summed E-state index contributed by atoms with van der Waals surface area (Å²) in [6.45, 7) is 4.40. The molecule has 5 rings (SSSR count). The number of benzene rings is 3. The van der Waals surface area contributed by atoms with E-state index in [2.05, 4.69) is 43.1 Å². The van der Waals surface area contributed by atoms with E-state index in [4.69, 9.17) is 23.2 Å². The summed E-state index contributed by atoms with van der Waals surface area (Å²) in [5.74, 6) is 0.198. The van der Waals surface area contributed by atoms with Crippen LogP contribution in [0.3, 0.4) is 0 Å². The molecule has 0 spiro atoms. The number of aryl methyl sites for hydroxylation is 1. The number of hydrogen-bond acceptors (Lipinski definition) is 2. The van der Waals surface area contributed by atoms with E-state index in [0.29, 0.717) is 10.0 Å². The van der Waals surface area contributed by atoms with Crippen molar-refractivity contribution in [2.75, 3.05) is 0 Å². The van der Waals surface area contributed by atoms with Crippen molar-refractivity contribution in [1.82, 2.24) is 4.57 Å². The van der Waals surface area contributed by atoms with Gasteiger partial charge in [-0.3, -0.25) is 9.79 Å². The third-order valence-electron chi connectivity index (χ3n) is 6.97. The lowest BCUT2D eigenvalue weighted by Gasteiger charge is -2.35. The Morgan fingerprint density at radius 3 is 2.29 bits per heavy atom. The number of aliphatic imine (C=N–C) groups is 1. The number of hydrogen-bond donors (Lipinski definition) is 0. The van der Waals surface area contributed by atoms with Gasteiger partial charge in [-0.15, -0.1) is 12.4 Å². The number of halogens is 3. The largest absolute Gasteiger partial charge is 0.311 e. The van der Waals surface area contributed by atoms with Crippen LogP contribution in [0.4, 0.5) is 0 Å². The lowest BCUT2D eigenvalue weighted by Crippen LogP contribution is -2.29. The minimum Gasteiger partial charge on any atom is -0.311 e. The molecular weight excluding hydrogens is 499 g/mol. The highest BCUT2D eigenvalue weighted by Gasteiger charge is 2.37. The topological polar surface area (TPSA) is 34.4 Å². The molecule has 0 fully saturated rings. The van der Waals surface area contributed by atoms with Crippen LogP contribution in [0.25, 0.3) is 22.0 Å². The highest BCUT2D eigenvalue weighted by Crippen LogP contribution is 2.45. The fourth-order valence-corrected chi connectivity index (χ4v) is 5.30. The van der Waals surface area contributed by atoms with Gasteiger partial charge in [-0.2, -0.15) is 0 Å². The molecular formula is C29H25Cl3N2O. The van der Waals surface area contributed by atoms with Crippen LogP contribution in [-0.2, 0) is 12.5 Å². The normalized spacial score (nSPS) is 16.6. The Balaban J connectivity index is 0.00000289. The Hall–Kier alpha value is -2.85. The van der Waals surface area contributed by atoms with E-state index in [1.807, 2.05) is 54.9 Å². The van der Waals surface area contributed by atoms with Crippen LogP contribution in [-0.4, -0.2) is 10.8 Å². The monoisotopic (exact) mass is 522 g/mol. The lowest BCUT2D eigenvalue weighted by molar-refractivity contribution is 0.624. The minimum atomic E-state index is -0.436. The zero-order chi connectivity index (χ0) is 24.0. The summed E-state index contributed by atoms with van der Waals surface area (Å²) < 4.78 is 1.69. The number of fused-ring (bicyclic) bond motifs is 1. The number of rotatable bonds is 4. The molecule has 0 saturated heterocycles. The maximum atomic E-state index is 12.8. The molecule has 0 saturated carbocycles. The first kappa shape index (κ1) is 25.2. The summed E-state index contributed by atoms with van der Waals surface area (Å²) in [7, 11) is 1.81. The van der Waals surface area contributed by atoms with Crippen LogP contribution in [0.1, 0.15) is 25.0 Å². The van der Waals surface area contributed by atoms with Crippen molar-refractivity contribution in [1.29, 1.82) is 0 Å². The van der Waals surface area contributed by atoms with Gasteiger partial charge in [-0.25, -0.2) is 0 Å². The van der Waals surface area contributed by atoms with Crippen molar-refractivity contribution < 1.29 is 0 Å². The molecule has 2 unspecified atom stereocenters. The minimum absolute atomic E-state index is 0. The van der Waals surface area contributed by atoms with Crippen molar-refractivity contribution in [3.8, 4) is 11.1 Å². The van der Waals surface area contributed by atoms with Crippen molar-refractivity contribution in [3.05, 3.63) is 116 Å². The highest BCUT2D eigenvalue weighted by atomic mass is 35.5. The molecule has 0 bridgehead atoms. The second-order valence-corrected chi connectivity index (χ2v) is 9.87. The van der Waals surface area contributed by atoms with E-state index in [0.717, 1.165) is 33.2 Å². The fraction of sp³-hybridized carbons (Fsp3) is 0.172. The van der Waals surface area contributed by atoms with E-state index < -0.39 is 5.41 Å². The van der Waals surface area contributed by atoms with Crippen molar-refractivity contribution in [2.45, 2.75) is 19.3 Å². The highest BCUT2D eigenvalue weighted by molar-refractivity contribution is 6.31. The molecule has 1 aliphatic heterocycles. The molecule has 6 heteroatoms. The first-order chi connectivity index (χ1) is 16.3. The Labute approximate surface area is 221 Å². The standard InChI is InChI=1S/C29H24Cl2N2O.ClH/c1-18-16-32-17-26(18)29(2,20-7-10-22(30)11-8-20)21-9-12-27-25(14-21)24(15-28(34)33(27)3)19-5-4-6-23(31)13-19;/h4-18H,1-3H3;1H. The average Bonchev–Trinajstić information content (AvgIpc) is 3.27. The molecule has 0 N–H and O–H groups in total. The van der Waals surface area contributed by atoms with Gasteiger partial charge in [0, 0.05) is 52.3 Å². The molecule has 178 valence electrons. The van der Waals surface area contributed by atoms with E-state index in [-0.39, 0.29) is 23.9 Å². The van der Waals surface area contributed by atoms with Gasteiger partial charge in [-0.1, -0.05) is 60.5 Å². The van der Waals surface area contributed by atoms with Gasteiger partial charge in [0.1, 0.15) is 0 Å². The zero-order valence-corrected chi connectivity index (χ0v) is 22.0. The van der Waals surface area contributed by atoms with Gasteiger partial charge in [-0.05, 0) is 71.1 Å². The van der Waals surface area contributed by atoms with E-state index >= 15 is 0 Å². The number of pyridine rings is 1. The predicted octanol–water partition coefficient (Wildman–Crippen LogP) is 7.84. The molecule has 0 amide bonds. The second kappa shape index (κ2) is 9.66. The maximum Gasteiger partial charge on any atom is 0.251 e. The number of allylic oxidation sites excluding steroid dienone is 1. The summed E-state index contributed by atoms with van der Waals surface area (Å²) in [6.07, 6.45) is 3.95. The molecule has 1 aliphatic rings. The zero-order valence-electron chi connectivity index (χ0n) is 19.6. The third kappa shape index (κ3) is 4.33. The van der Waals surface area contributed by atoms with Gasteiger partial charge >= 0.3 is 0 Å². The number of aromatic nitrogens is 1. The van der Waals surface area contributed by atoms with Gasteiger partial charge < -0.3 is 4.57 Å². The smallest absolute Gasteiger partial charge is 0.251 e. The van der Waals surface area contributed by atoms with Gasteiger partial charge in [0.05, 0.1) is 5.52 Å². The van der Waals surface area contributed by atoms with Crippen LogP contribution in [0.2, 0.25) is 10.0 Å². The molecule has 3 nitrogen and oxygen atoms in total. The summed E-state index contributed by atoms with van der Waals surface area (Å²) >= 11 is 12.5. The Kier molecular flexibility index (Phi) is 6.97. The summed E-state index contributed by atoms with van der Waals surface area (Å²) in [5, 5.41) is 2.33. The quantitative estimate of drug-likeness (QED) is 0.268. The first-order valence-electron chi connectivity index (χ1n) is 11.2. The van der Waals surface area contributed by atoms with Crippen LogP contribution in [0.15, 0.2) is 94.4 Å². The molecule has 2 heterocycles. The molecule has 35 heavy (non-hydrogen) atoms. The van der Waals surface area contributed by atoms with Crippen LogP contribution in [0, 0.1) is 5.92 Å². The van der Waals surface area contributed by atoms with Gasteiger partial charge in [0.2, 0.25) is 0 Å². The Morgan fingerprint density at radius 1 is 0.914 bits per heavy atom. The van der Waals surface area contributed by atoms with Crippen LogP contribution < -0.4 is 5.56 Å². The Morgan fingerprint density at radius 2 is 1.63 bits per heavy atom. The van der Waals surface area contributed by atoms with Crippen molar-refractivity contribution in [2.24, 2.45) is 18.0 Å².